The molecule has 1 N–H and O–H groups in total. The third-order valence-corrected chi connectivity index (χ3v) is 2.57. The second-order valence-corrected chi connectivity index (χ2v) is 4.26. The minimum Gasteiger partial charge on any atom is -0.477 e. The Morgan fingerprint density at radius 2 is 1.90 bits per heavy atom. The van der Waals surface area contributed by atoms with Crippen LogP contribution in [0.1, 0.15) is 16.2 Å². The zero-order valence-corrected chi connectivity index (χ0v) is 10.8. The van der Waals surface area contributed by atoms with Crippen molar-refractivity contribution >= 4 is 5.97 Å². The van der Waals surface area contributed by atoms with Gasteiger partial charge in [-0.05, 0) is 42.3 Å². The molecule has 0 aliphatic carbocycles. The predicted molar refractivity (Wildman–Crippen MR) is 68.1 cm³/mol. The van der Waals surface area contributed by atoms with Gasteiger partial charge in [0.1, 0.15) is 11.4 Å². The lowest BCUT2D eigenvalue weighted by Gasteiger charge is -2.10. The maximum Gasteiger partial charge on any atom is 0.573 e. The Balaban J connectivity index is 2.42. The van der Waals surface area contributed by atoms with E-state index in [9.17, 15) is 18.0 Å². The van der Waals surface area contributed by atoms with Gasteiger partial charge in [0, 0.05) is 5.69 Å². The molecule has 1 aromatic heterocycles. The number of carbonyl (C=O) groups is 1. The van der Waals surface area contributed by atoms with Crippen LogP contribution in [0.4, 0.5) is 13.2 Å². The van der Waals surface area contributed by atoms with E-state index in [1.165, 1.54) is 24.3 Å². The Kier molecular flexibility index (Phi) is 3.84. The van der Waals surface area contributed by atoms with Gasteiger partial charge in [-0.25, -0.2) is 9.78 Å². The Bertz CT molecular complexity index is 683. The third kappa shape index (κ3) is 3.95. The van der Waals surface area contributed by atoms with E-state index in [0.29, 0.717) is 16.8 Å². The number of aryl methyl sites for hydroxylation is 1. The fraction of sp³-hybridized carbons (Fsp3) is 0.143. The second kappa shape index (κ2) is 5.43. The Morgan fingerprint density at radius 1 is 1.19 bits per heavy atom. The molecule has 1 aromatic carbocycles. The van der Waals surface area contributed by atoms with E-state index in [0.717, 1.165) is 0 Å². The number of nitrogens with zero attached hydrogens (tertiary/aromatic N) is 1. The quantitative estimate of drug-likeness (QED) is 0.939. The molecule has 2 rings (SSSR count). The molecule has 0 amide bonds. The summed E-state index contributed by atoms with van der Waals surface area (Å²) in [6.07, 6.45) is -4.78. The van der Waals surface area contributed by atoms with Gasteiger partial charge < -0.3 is 9.84 Å². The summed E-state index contributed by atoms with van der Waals surface area (Å²) in [6, 6.07) is 8.19. The summed E-state index contributed by atoms with van der Waals surface area (Å²) >= 11 is 0. The number of pyridine rings is 1. The molecule has 21 heavy (non-hydrogen) atoms. The highest BCUT2D eigenvalue weighted by atomic mass is 19.4. The summed E-state index contributed by atoms with van der Waals surface area (Å²) in [4.78, 5) is 14.8. The number of carboxylic acids is 1. The first-order valence-corrected chi connectivity index (χ1v) is 5.83. The van der Waals surface area contributed by atoms with E-state index in [2.05, 4.69) is 9.72 Å². The molecule has 0 atom stereocenters. The van der Waals surface area contributed by atoms with Gasteiger partial charge in [-0.2, -0.15) is 0 Å². The number of hydrogen-bond donors (Lipinski definition) is 1. The van der Waals surface area contributed by atoms with Crippen molar-refractivity contribution in [3.8, 4) is 16.9 Å². The number of ether oxygens (including phenoxy) is 1. The topological polar surface area (TPSA) is 59.4 Å². The molecule has 2 aromatic rings. The number of halogens is 3. The van der Waals surface area contributed by atoms with Crippen LogP contribution < -0.4 is 4.74 Å². The standard InChI is InChI=1S/C14H10F3NO3/c1-8-5-10(7-12(18-8)13(19)20)9-3-2-4-11(6-9)21-14(15,16)17/h2-7H,1H3,(H,19,20). The molecule has 0 radical (unpaired) electrons. The zero-order valence-electron chi connectivity index (χ0n) is 10.8. The van der Waals surface area contributed by atoms with Crippen LogP contribution in [0.25, 0.3) is 11.1 Å². The molecule has 0 aliphatic rings. The molecular formula is C14H10F3NO3. The first kappa shape index (κ1) is 14.8. The van der Waals surface area contributed by atoms with Crippen molar-refractivity contribution in [1.82, 2.24) is 4.98 Å². The van der Waals surface area contributed by atoms with Crippen LogP contribution in [-0.4, -0.2) is 22.4 Å². The number of alkyl halides is 3. The summed E-state index contributed by atoms with van der Waals surface area (Å²) in [7, 11) is 0. The molecule has 0 bridgehead atoms. The maximum absolute atomic E-state index is 12.2. The molecule has 0 spiro atoms. The number of benzene rings is 1. The molecule has 0 saturated heterocycles. The molecule has 0 fully saturated rings. The van der Waals surface area contributed by atoms with E-state index in [1.54, 1.807) is 19.1 Å². The van der Waals surface area contributed by atoms with Gasteiger partial charge in [0.15, 0.2) is 0 Å². The molecule has 4 nitrogen and oxygen atoms in total. The normalized spacial score (nSPS) is 11.2. The van der Waals surface area contributed by atoms with Crippen LogP contribution in [0.5, 0.6) is 5.75 Å². The molecule has 110 valence electrons. The summed E-state index contributed by atoms with van der Waals surface area (Å²) in [6.45, 7) is 1.60. The number of rotatable bonds is 3. The van der Waals surface area contributed by atoms with Crippen molar-refractivity contribution in [2.45, 2.75) is 13.3 Å². The van der Waals surface area contributed by atoms with Crippen molar-refractivity contribution in [1.29, 1.82) is 0 Å². The Labute approximate surface area is 117 Å². The minimum atomic E-state index is -4.78. The van der Waals surface area contributed by atoms with Gasteiger partial charge in [-0.3, -0.25) is 0 Å². The van der Waals surface area contributed by atoms with Crippen molar-refractivity contribution in [2.24, 2.45) is 0 Å². The van der Waals surface area contributed by atoms with Crippen molar-refractivity contribution < 1.29 is 27.8 Å². The third-order valence-electron chi connectivity index (χ3n) is 2.57. The first-order valence-electron chi connectivity index (χ1n) is 5.83. The predicted octanol–water partition coefficient (Wildman–Crippen LogP) is 3.65. The maximum atomic E-state index is 12.2. The zero-order chi connectivity index (χ0) is 15.6. The van der Waals surface area contributed by atoms with E-state index in [-0.39, 0.29) is 11.4 Å². The van der Waals surface area contributed by atoms with Gasteiger partial charge in [-0.15, -0.1) is 13.2 Å². The van der Waals surface area contributed by atoms with Gasteiger partial charge >= 0.3 is 12.3 Å². The lowest BCUT2D eigenvalue weighted by atomic mass is 10.0. The van der Waals surface area contributed by atoms with Gasteiger partial charge in [-0.1, -0.05) is 12.1 Å². The molecule has 7 heteroatoms. The molecular weight excluding hydrogens is 287 g/mol. The lowest BCUT2D eigenvalue weighted by Crippen LogP contribution is -2.17. The number of hydrogen-bond acceptors (Lipinski definition) is 3. The van der Waals surface area contributed by atoms with E-state index < -0.39 is 12.3 Å². The lowest BCUT2D eigenvalue weighted by molar-refractivity contribution is -0.274. The van der Waals surface area contributed by atoms with E-state index in [4.69, 9.17) is 5.11 Å². The Morgan fingerprint density at radius 3 is 2.52 bits per heavy atom. The monoisotopic (exact) mass is 297 g/mol. The average Bonchev–Trinajstić information content (AvgIpc) is 2.36. The SMILES string of the molecule is Cc1cc(-c2cccc(OC(F)(F)F)c2)cc(C(=O)O)n1. The van der Waals surface area contributed by atoms with E-state index in [1.807, 2.05) is 0 Å². The van der Waals surface area contributed by atoms with Crippen LogP contribution in [-0.2, 0) is 0 Å². The number of aromatic nitrogens is 1. The molecule has 0 saturated carbocycles. The highest BCUT2D eigenvalue weighted by Crippen LogP contribution is 2.28. The minimum absolute atomic E-state index is 0.174. The second-order valence-electron chi connectivity index (χ2n) is 4.26. The van der Waals surface area contributed by atoms with Crippen molar-refractivity contribution in [3.63, 3.8) is 0 Å². The number of carboxylic acid groups (broad SMARTS) is 1. The summed E-state index contributed by atoms with van der Waals surface area (Å²) in [5.41, 5.74) is 1.14. The van der Waals surface area contributed by atoms with Gasteiger partial charge in [0.05, 0.1) is 0 Å². The van der Waals surface area contributed by atoms with E-state index >= 15 is 0 Å². The highest BCUT2D eigenvalue weighted by Gasteiger charge is 2.31. The smallest absolute Gasteiger partial charge is 0.477 e. The fourth-order valence-electron chi connectivity index (χ4n) is 1.82. The van der Waals surface area contributed by atoms with Gasteiger partial charge in [0.25, 0.3) is 0 Å². The van der Waals surface area contributed by atoms with Crippen molar-refractivity contribution in [2.75, 3.05) is 0 Å². The van der Waals surface area contributed by atoms with Crippen LogP contribution in [0.2, 0.25) is 0 Å². The largest absolute Gasteiger partial charge is 0.573 e. The summed E-state index contributed by atoms with van der Waals surface area (Å²) in [5.74, 6) is -1.58. The summed E-state index contributed by atoms with van der Waals surface area (Å²) in [5, 5.41) is 8.95. The first-order chi connectivity index (χ1) is 9.74. The molecule has 0 unspecified atom stereocenters. The fourth-order valence-corrected chi connectivity index (χ4v) is 1.82. The summed E-state index contributed by atoms with van der Waals surface area (Å²) < 4.78 is 40.4. The highest BCUT2D eigenvalue weighted by molar-refractivity contribution is 5.87. The van der Waals surface area contributed by atoms with Crippen LogP contribution in [0, 0.1) is 6.92 Å². The van der Waals surface area contributed by atoms with Crippen LogP contribution in [0.3, 0.4) is 0 Å². The van der Waals surface area contributed by atoms with Gasteiger partial charge in [0.2, 0.25) is 0 Å². The van der Waals surface area contributed by atoms with Crippen LogP contribution in [0.15, 0.2) is 36.4 Å². The van der Waals surface area contributed by atoms with Crippen molar-refractivity contribution in [3.05, 3.63) is 47.8 Å². The Hall–Kier alpha value is -2.57. The van der Waals surface area contributed by atoms with Crippen LogP contribution >= 0.6 is 0 Å². The molecule has 0 aliphatic heterocycles. The molecule has 1 heterocycles. The number of aromatic carboxylic acids is 1. The average molecular weight is 297 g/mol.